The number of hydrogen-bond acceptors (Lipinski definition) is 2. The van der Waals surface area contributed by atoms with Gasteiger partial charge in [0.25, 0.3) is 5.91 Å². The molecule has 0 radical (unpaired) electrons. The molecule has 0 N–H and O–H groups in total. The molecule has 1 aromatic heterocycles. The summed E-state index contributed by atoms with van der Waals surface area (Å²) in [6.45, 7) is 1.54. The van der Waals surface area contributed by atoms with Crippen molar-refractivity contribution >= 4 is 5.91 Å². The molecule has 98 valence electrons. The second-order valence-corrected chi connectivity index (χ2v) is 4.64. The number of furan rings is 1. The number of halogens is 1. The molecule has 3 nitrogen and oxygen atoms in total. The van der Waals surface area contributed by atoms with Gasteiger partial charge >= 0.3 is 0 Å². The van der Waals surface area contributed by atoms with Crippen LogP contribution in [-0.2, 0) is 0 Å². The summed E-state index contributed by atoms with van der Waals surface area (Å²) < 4.78 is 19.1. The number of amides is 1. The highest BCUT2D eigenvalue weighted by Gasteiger charge is 2.22. The molecule has 1 saturated heterocycles. The van der Waals surface area contributed by atoms with Gasteiger partial charge in [0.05, 0.1) is 5.56 Å². The summed E-state index contributed by atoms with van der Waals surface area (Å²) in [5.41, 5.74) is 0.378. The molecule has 0 unspecified atom stereocenters. The number of rotatable bonds is 2. The smallest absolute Gasteiger partial charge is 0.289 e. The summed E-state index contributed by atoms with van der Waals surface area (Å²) in [6.07, 6.45) is 2.07. The lowest BCUT2D eigenvalue weighted by atomic mass is 10.1. The zero-order chi connectivity index (χ0) is 13.2. The number of carbonyl (C=O) groups excluding carboxylic acids is 1. The van der Waals surface area contributed by atoms with Crippen molar-refractivity contribution in [3.05, 3.63) is 48.0 Å². The van der Waals surface area contributed by atoms with Crippen molar-refractivity contribution in [1.82, 2.24) is 4.90 Å². The van der Waals surface area contributed by atoms with E-state index in [9.17, 15) is 9.18 Å². The van der Waals surface area contributed by atoms with E-state index in [1.54, 1.807) is 35.2 Å². The molecule has 1 aliphatic rings. The molecule has 1 fully saturated rings. The Morgan fingerprint density at radius 2 is 1.84 bits per heavy atom. The lowest BCUT2D eigenvalue weighted by Gasteiger charge is -2.12. The highest BCUT2D eigenvalue weighted by Crippen LogP contribution is 2.25. The van der Waals surface area contributed by atoms with E-state index in [4.69, 9.17) is 4.42 Å². The summed E-state index contributed by atoms with van der Waals surface area (Å²) in [5, 5.41) is 0. The summed E-state index contributed by atoms with van der Waals surface area (Å²) in [6, 6.07) is 9.63. The Kier molecular flexibility index (Phi) is 3.07. The van der Waals surface area contributed by atoms with Crippen LogP contribution in [0.25, 0.3) is 11.3 Å². The minimum Gasteiger partial charge on any atom is -0.451 e. The fourth-order valence-corrected chi connectivity index (χ4v) is 2.33. The van der Waals surface area contributed by atoms with Crippen LogP contribution >= 0.6 is 0 Å². The third-order valence-electron chi connectivity index (χ3n) is 3.35. The zero-order valence-corrected chi connectivity index (χ0v) is 10.4. The van der Waals surface area contributed by atoms with Crippen LogP contribution in [0.15, 0.2) is 40.8 Å². The summed E-state index contributed by atoms with van der Waals surface area (Å²) >= 11 is 0. The molecule has 0 aliphatic carbocycles. The Hall–Kier alpha value is -2.10. The maximum atomic E-state index is 13.6. The van der Waals surface area contributed by atoms with Gasteiger partial charge in [-0.3, -0.25) is 4.79 Å². The van der Waals surface area contributed by atoms with E-state index >= 15 is 0 Å². The van der Waals surface area contributed by atoms with Crippen LogP contribution in [0.5, 0.6) is 0 Å². The van der Waals surface area contributed by atoms with E-state index in [0.29, 0.717) is 11.3 Å². The molecule has 0 atom stereocenters. The van der Waals surface area contributed by atoms with Crippen LogP contribution in [0.4, 0.5) is 4.39 Å². The Morgan fingerprint density at radius 3 is 2.58 bits per heavy atom. The van der Waals surface area contributed by atoms with Crippen molar-refractivity contribution < 1.29 is 13.6 Å². The average Bonchev–Trinajstić information content (AvgIpc) is 3.10. The van der Waals surface area contributed by atoms with Crippen molar-refractivity contribution in [2.75, 3.05) is 13.1 Å². The second-order valence-electron chi connectivity index (χ2n) is 4.64. The van der Waals surface area contributed by atoms with Crippen molar-refractivity contribution in [3.8, 4) is 11.3 Å². The molecule has 2 heterocycles. The third-order valence-corrected chi connectivity index (χ3v) is 3.35. The summed E-state index contributed by atoms with van der Waals surface area (Å²) in [4.78, 5) is 13.9. The zero-order valence-electron chi connectivity index (χ0n) is 10.4. The molecule has 19 heavy (non-hydrogen) atoms. The van der Waals surface area contributed by atoms with Gasteiger partial charge in [-0.25, -0.2) is 4.39 Å². The second kappa shape index (κ2) is 4.88. The van der Waals surface area contributed by atoms with Gasteiger partial charge in [0.2, 0.25) is 0 Å². The van der Waals surface area contributed by atoms with Gasteiger partial charge in [0, 0.05) is 13.1 Å². The van der Waals surface area contributed by atoms with Crippen LogP contribution in [0.2, 0.25) is 0 Å². The van der Waals surface area contributed by atoms with Crippen molar-refractivity contribution in [3.63, 3.8) is 0 Å². The number of nitrogens with zero attached hydrogens (tertiary/aromatic N) is 1. The number of benzene rings is 1. The fourth-order valence-electron chi connectivity index (χ4n) is 2.33. The quantitative estimate of drug-likeness (QED) is 0.829. The Labute approximate surface area is 110 Å². The van der Waals surface area contributed by atoms with Gasteiger partial charge in [0.15, 0.2) is 5.76 Å². The van der Waals surface area contributed by atoms with E-state index in [0.717, 1.165) is 25.9 Å². The van der Waals surface area contributed by atoms with Crippen LogP contribution in [0.3, 0.4) is 0 Å². The molecular formula is C15H14FNO2. The summed E-state index contributed by atoms with van der Waals surface area (Å²) in [5.74, 6) is 0.206. The first-order valence-corrected chi connectivity index (χ1v) is 6.40. The van der Waals surface area contributed by atoms with Crippen LogP contribution in [0.1, 0.15) is 23.4 Å². The van der Waals surface area contributed by atoms with E-state index in [-0.39, 0.29) is 17.5 Å². The molecule has 0 spiro atoms. The van der Waals surface area contributed by atoms with Gasteiger partial charge in [-0.1, -0.05) is 12.1 Å². The Morgan fingerprint density at radius 1 is 1.11 bits per heavy atom. The Balaban J connectivity index is 1.87. The van der Waals surface area contributed by atoms with Crippen LogP contribution in [-0.4, -0.2) is 23.9 Å². The number of carbonyl (C=O) groups is 1. The first kappa shape index (κ1) is 12.0. The van der Waals surface area contributed by atoms with Crippen molar-refractivity contribution in [2.24, 2.45) is 0 Å². The molecule has 2 aromatic rings. The van der Waals surface area contributed by atoms with Crippen molar-refractivity contribution in [1.29, 1.82) is 0 Å². The number of likely N-dealkylation sites (tertiary alicyclic amines) is 1. The molecular weight excluding hydrogens is 245 g/mol. The lowest BCUT2D eigenvalue weighted by Crippen LogP contribution is -2.27. The third kappa shape index (κ3) is 2.26. The predicted molar refractivity (Wildman–Crippen MR) is 69.2 cm³/mol. The fraction of sp³-hybridized carbons (Fsp3) is 0.267. The summed E-state index contributed by atoms with van der Waals surface area (Å²) in [7, 11) is 0. The SMILES string of the molecule is O=C(c1ccc(-c2ccccc2F)o1)N1CCCC1. The normalized spacial score (nSPS) is 14.9. The van der Waals surface area contributed by atoms with Crippen LogP contribution < -0.4 is 0 Å². The molecule has 0 saturated carbocycles. The minimum atomic E-state index is -0.350. The Bertz CT molecular complexity index is 600. The monoisotopic (exact) mass is 259 g/mol. The molecule has 4 heteroatoms. The highest BCUT2D eigenvalue weighted by atomic mass is 19.1. The van der Waals surface area contributed by atoms with Gasteiger partial charge in [-0.15, -0.1) is 0 Å². The predicted octanol–water partition coefficient (Wildman–Crippen LogP) is 3.32. The van der Waals surface area contributed by atoms with Gasteiger partial charge in [0.1, 0.15) is 11.6 Å². The van der Waals surface area contributed by atoms with Gasteiger partial charge in [-0.2, -0.15) is 0 Å². The first-order valence-electron chi connectivity index (χ1n) is 6.40. The molecule has 0 bridgehead atoms. The van der Waals surface area contributed by atoms with Gasteiger partial charge < -0.3 is 9.32 Å². The molecule has 1 amide bonds. The lowest BCUT2D eigenvalue weighted by molar-refractivity contribution is 0.0762. The molecule has 3 rings (SSSR count). The minimum absolute atomic E-state index is 0.111. The highest BCUT2D eigenvalue weighted by molar-refractivity contribution is 5.92. The number of hydrogen-bond donors (Lipinski definition) is 0. The standard InChI is InChI=1S/C15H14FNO2/c16-12-6-2-1-5-11(12)13-7-8-14(19-13)15(18)17-9-3-4-10-17/h1-2,5-8H,3-4,9-10H2. The van der Waals surface area contributed by atoms with Crippen molar-refractivity contribution in [2.45, 2.75) is 12.8 Å². The molecule has 1 aromatic carbocycles. The van der Waals surface area contributed by atoms with E-state index in [2.05, 4.69) is 0 Å². The van der Waals surface area contributed by atoms with Gasteiger partial charge in [-0.05, 0) is 37.1 Å². The largest absolute Gasteiger partial charge is 0.451 e. The topological polar surface area (TPSA) is 33.5 Å². The van der Waals surface area contributed by atoms with E-state index < -0.39 is 0 Å². The molecule has 1 aliphatic heterocycles. The van der Waals surface area contributed by atoms with Crippen LogP contribution in [0, 0.1) is 5.82 Å². The van der Waals surface area contributed by atoms with E-state index in [1.165, 1.54) is 6.07 Å². The average molecular weight is 259 g/mol. The van der Waals surface area contributed by atoms with E-state index in [1.807, 2.05) is 0 Å². The maximum absolute atomic E-state index is 13.6. The first-order chi connectivity index (χ1) is 9.25. The maximum Gasteiger partial charge on any atom is 0.289 e.